The Balaban J connectivity index is 2.32. The molecule has 2 aromatic rings. The highest BCUT2D eigenvalue weighted by Crippen LogP contribution is 2.37. The Hall–Kier alpha value is -2.99. The smallest absolute Gasteiger partial charge is 0.352 e. The molecule has 27 heavy (non-hydrogen) atoms. The van der Waals surface area contributed by atoms with Gasteiger partial charge in [-0.1, -0.05) is 35.9 Å². The van der Waals surface area contributed by atoms with Gasteiger partial charge >= 0.3 is 5.97 Å². The van der Waals surface area contributed by atoms with Crippen LogP contribution in [0.25, 0.3) is 6.08 Å². The zero-order valence-electron chi connectivity index (χ0n) is 15.2. The van der Waals surface area contributed by atoms with Crippen molar-refractivity contribution in [3.05, 3.63) is 63.8 Å². The summed E-state index contributed by atoms with van der Waals surface area (Å²) in [5.74, 6) is -1.04. The molecule has 6 nitrogen and oxygen atoms in total. The molecule has 2 rings (SSSR count). The molecule has 2 N–H and O–H groups in total. The van der Waals surface area contributed by atoms with Gasteiger partial charge in [-0.25, -0.2) is 4.79 Å². The molecule has 0 aliphatic rings. The number of ether oxygens (including phenoxy) is 2. The number of aliphatic carboxylic acids is 1. The van der Waals surface area contributed by atoms with Gasteiger partial charge in [0.2, 0.25) is 5.91 Å². The maximum absolute atomic E-state index is 11.3. The quantitative estimate of drug-likeness (QED) is 0.703. The van der Waals surface area contributed by atoms with Crippen LogP contribution in [-0.4, -0.2) is 24.1 Å². The molecule has 0 fully saturated rings. The lowest BCUT2D eigenvalue weighted by molar-refractivity contribution is -0.134. The maximum Gasteiger partial charge on any atom is 0.352 e. The molecule has 0 radical (unpaired) electrons. The fraction of sp³-hybridized carbons (Fsp3) is 0.200. The first-order valence-electron chi connectivity index (χ1n) is 8.09. The Bertz CT molecular complexity index is 892. The fourth-order valence-corrected chi connectivity index (χ4v) is 2.67. The molecule has 0 heterocycles. The second-order valence-corrected chi connectivity index (χ2v) is 6.20. The zero-order chi connectivity index (χ0) is 20.0. The van der Waals surface area contributed by atoms with E-state index in [2.05, 4.69) is 5.32 Å². The molecule has 0 saturated carbocycles. The minimum atomic E-state index is -1.26. The Morgan fingerprint density at radius 3 is 2.56 bits per heavy atom. The average Bonchev–Trinajstić information content (AvgIpc) is 2.60. The Labute approximate surface area is 162 Å². The van der Waals surface area contributed by atoms with Crippen LogP contribution in [0.1, 0.15) is 23.6 Å². The van der Waals surface area contributed by atoms with E-state index in [0.29, 0.717) is 23.7 Å². The SMILES string of the molecule is COc1cc(/C=C(/NC(C)=O)C(=O)O)cc(Cl)c1OCc1ccccc1C. The Morgan fingerprint density at radius 2 is 1.96 bits per heavy atom. The first-order chi connectivity index (χ1) is 12.8. The first-order valence-corrected chi connectivity index (χ1v) is 8.47. The van der Waals surface area contributed by atoms with Crippen LogP contribution in [0.3, 0.4) is 0 Å². The van der Waals surface area contributed by atoms with E-state index in [9.17, 15) is 14.7 Å². The lowest BCUT2D eigenvalue weighted by Gasteiger charge is -2.14. The van der Waals surface area contributed by atoms with Gasteiger partial charge in [-0.05, 0) is 41.8 Å². The summed E-state index contributed by atoms with van der Waals surface area (Å²) in [7, 11) is 1.46. The number of methoxy groups -OCH3 is 1. The van der Waals surface area contributed by atoms with E-state index in [1.54, 1.807) is 12.1 Å². The number of aryl methyl sites for hydroxylation is 1. The number of carbonyl (C=O) groups is 2. The third-order valence-electron chi connectivity index (χ3n) is 3.74. The molecule has 0 aromatic heterocycles. The topological polar surface area (TPSA) is 84.9 Å². The summed E-state index contributed by atoms with van der Waals surface area (Å²) in [6, 6.07) is 10.9. The molecular weight excluding hydrogens is 370 g/mol. The predicted molar refractivity (Wildman–Crippen MR) is 103 cm³/mol. The van der Waals surface area contributed by atoms with Crippen molar-refractivity contribution >= 4 is 29.6 Å². The van der Waals surface area contributed by atoms with Gasteiger partial charge in [0.05, 0.1) is 12.1 Å². The summed E-state index contributed by atoms with van der Waals surface area (Å²) in [4.78, 5) is 22.4. The van der Waals surface area contributed by atoms with Crippen molar-refractivity contribution < 1.29 is 24.2 Å². The van der Waals surface area contributed by atoms with Gasteiger partial charge in [0, 0.05) is 6.92 Å². The van der Waals surface area contributed by atoms with E-state index in [-0.39, 0.29) is 10.7 Å². The largest absolute Gasteiger partial charge is 0.493 e. The van der Waals surface area contributed by atoms with Crippen molar-refractivity contribution in [3.63, 3.8) is 0 Å². The van der Waals surface area contributed by atoms with Gasteiger partial charge in [0.25, 0.3) is 0 Å². The molecule has 0 bridgehead atoms. The summed E-state index contributed by atoms with van der Waals surface area (Å²) in [6.45, 7) is 3.53. The summed E-state index contributed by atoms with van der Waals surface area (Å²) in [5, 5.41) is 11.7. The Morgan fingerprint density at radius 1 is 1.26 bits per heavy atom. The molecule has 2 aromatic carbocycles. The third-order valence-corrected chi connectivity index (χ3v) is 4.02. The molecule has 7 heteroatoms. The molecule has 0 saturated heterocycles. The highest BCUT2D eigenvalue weighted by atomic mass is 35.5. The van der Waals surface area contributed by atoms with Gasteiger partial charge in [-0.2, -0.15) is 0 Å². The number of hydrogen-bond donors (Lipinski definition) is 2. The minimum absolute atomic E-state index is 0.266. The number of rotatable bonds is 7. The van der Waals surface area contributed by atoms with Gasteiger partial charge in [-0.15, -0.1) is 0 Å². The molecule has 0 atom stereocenters. The molecule has 0 spiro atoms. The maximum atomic E-state index is 11.3. The molecule has 1 amide bonds. The highest BCUT2D eigenvalue weighted by Gasteiger charge is 2.14. The lowest BCUT2D eigenvalue weighted by atomic mass is 10.1. The lowest BCUT2D eigenvalue weighted by Crippen LogP contribution is -2.24. The highest BCUT2D eigenvalue weighted by molar-refractivity contribution is 6.32. The summed E-state index contributed by atoms with van der Waals surface area (Å²) in [6.07, 6.45) is 1.29. The normalized spacial score (nSPS) is 11.0. The van der Waals surface area contributed by atoms with E-state index in [0.717, 1.165) is 11.1 Å². The number of benzene rings is 2. The van der Waals surface area contributed by atoms with E-state index in [1.165, 1.54) is 20.1 Å². The van der Waals surface area contributed by atoms with Gasteiger partial charge in [0.15, 0.2) is 11.5 Å². The summed E-state index contributed by atoms with van der Waals surface area (Å²) < 4.78 is 11.2. The van der Waals surface area contributed by atoms with E-state index in [4.69, 9.17) is 21.1 Å². The number of amides is 1. The minimum Gasteiger partial charge on any atom is -0.493 e. The first kappa shape index (κ1) is 20.3. The molecular formula is C20H20ClNO5. The average molecular weight is 390 g/mol. The van der Waals surface area contributed by atoms with Gasteiger partial charge in [-0.3, -0.25) is 4.79 Å². The van der Waals surface area contributed by atoms with Crippen molar-refractivity contribution in [2.45, 2.75) is 20.5 Å². The number of nitrogens with one attached hydrogen (secondary N) is 1. The van der Waals surface area contributed by atoms with Crippen LogP contribution in [-0.2, 0) is 16.2 Å². The predicted octanol–water partition coefficient (Wildman–Crippen LogP) is 3.80. The van der Waals surface area contributed by atoms with Crippen molar-refractivity contribution in [2.75, 3.05) is 7.11 Å². The van der Waals surface area contributed by atoms with Crippen molar-refractivity contribution in [1.82, 2.24) is 5.32 Å². The van der Waals surface area contributed by atoms with Crippen LogP contribution in [0.2, 0.25) is 5.02 Å². The van der Waals surface area contributed by atoms with Crippen LogP contribution in [0.15, 0.2) is 42.1 Å². The molecule has 0 unspecified atom stereocenters. The van der Waals surface area contributed by atoms with Crippen LogP contribution in [0, 0.1) is 6.92 Å². The molecule has 142 valence electrons. The number of carboxylic acids is 1. The number of carboxylic acid groups (broad SMARTS) is 1. The second kappa shape index (κ2) is 9.09. The number of hydrogen-bond acceptors (Lipinski definition) is 4. The second-order valence-electron chi connectivity index (χ2n) is 5.79. The van der Waals surface area contributed by atoms with Crippen LogP contribution >= 0.6 is 11.6 Å². The summed E-state index contributed by atoms with van der Waals surface area (Å²) in [5.41, 5.74) is 2.28. The third kappa shape index (κ3) is 5.49. The van der Waals surface area contributed by atoms with E-state index < -0.39 is 11.9 Å². The van der Waals surface area contributed by atoms with Gasteiger partial charge in [0.1, 0.15) is 12.3 Å². The van der Waals surface area contributed by atoms with Crippen molar-refractivity contribution in [1.29, 1.82) is 0 Å². The van der Waals surface area contributed by atoms with E-state index in [1.807, 2.05) is 31.2 Å². The summed E-state index contributed by atoms with van der Waals surface area (Å²) >= 11 is 6.32. The van der Waals surface area contributed by atoms with E-state index >= 15 is 0 Å². The standard InChI is InChI=1S/C20H20ClNO5/c1-12-6-4-5-7-15(12)11-27-19-16(21)8-14(10-18(19)26-3)9-17(20(24)25)22-13(2)23/h4-10H,11H2,1-3H3,(H,22,23)(H,24,25)/b17-9+. The van der Waals surface area contributed by atoms with Gasteiger partial charge < -0.3 is 19.9 Å². The zero-order valence-corrected chi connectivity index (χ0v) is 16.0. The Kier molecular flexibility index (Phi) is 6.85. The van der Waals surface area contributed by atoms with Crippen LogP contribution in [0.5, 0.6) is 11.5 Å². The van der Waals surface area contributed by atoms with Crippen LogP contribution in [0.4, 0.5) is 0 Å². The van der Waals surface area contributed by atoms with Crippen LogP contribution < -0.4 is 14.8 Å². The van der Waals surface area contributed by atoms with Crippen molar-refractivity contribution in [3.8, 4) is 11.5 Å². The van der Waals surface area contributed by atoms with Crippen molar-refractivity contribution in [2.24, 2.45) is 0 Å². The number of halogens is 1. The number of carbonyl (C=O) groups excluding carboxylic acids is 1. The molecule has 0 aliphatic heterocycles. The monoisotopic (exact) mass is 389 g/mol. The fourth-order valence-electron chi connectivity index (χ4n) is 2.39. The molecule has 0 aliphatic carbocycles.